The second-order valence-electron chi connectivity index (χ2n) is 4.65. The van der Waals surface area contributed by atoms with Crippen LogP contribution in [-0.4, -0.2) is 54.5 Å². The number of rotatable bonds is 4. The molecule has 0 radical (unpaired) electrons. The van der Waals surface area contributed by atoms with E-state index in [-0.39, 0.29) is 16.8 Å². The van der Waals surface area contributed by atoms with E-state index < -0.39 is 9.84 Å². The molecule has 0 aromatic carbocycles. The molecule has 7 nitrogen and oxygen atoms in total. The fourth-order valence-electron chi connectivity index (χ4n) is 1.94. The van der Waals surface area contributed by atoms with Gasteiger partial charge in [-0.15, -0.1) is 0 Å². The summed E-state index contributed by atoms with van der Waals surface area (Å²) >= 11 is 5.90. The first-order valence-corrected chi connectivity index (χ1v) is 8.81. The molecule has 1 aliphatic heterocycles. The summed E-state index contributed by atoms with van der Waals surface area (Å²) in [6.07, 6.45) is 1.52. The van der Waals surface area contributed by atoms with Crippen LogP contribution in [0.4, 0.5) is 11.9 Å². The van der Waals surface area contributed by atoms with Crippen LogP contribution in [0.3, 0.4) is 0 Å². The van der Waals surface area contributed by atoms with Crippen LogP contribution in [0.5, 0.6) is 0 Å². The van der Waals surface area contributed by atoms with E-state index in [1.165, 1.54) is 0 Å². The summed E-state index contributed by atoms with van der Waals surface area (Å²) in [6.45, 7) is 3.77. The molecule has 0 unspecified atom stereocenters. The summed E-state index contributed by atoms with van der Waals surface area (Å²) in [5.41, 5.74) is 0. The molecular formula is C11H18ClN5O2S. The van der Waals surface area contributed by atoms with E-state index in [4.69, 9.17) is 11.6 Å². The van der Waals surface area contributed by atoms with Crippen molar-refractivity contribution in [2.75, 3.05) is 41.4 Å². The van der Waals surface area contributed by atoms with Gasteiger partial charge in [0.05, 0.1) is 11.5 Å². The predicted molar refractivity (Wildman–Crippen MR) is 79.1 cm³/mol. The first-order valence-electron chi connectivity index (χ1n) is 6.61. The molecule has 1 saturated heterocycles. The highest BCUT2D eigenvalue weighted by atomic mass is 35.5. The molecule has 2 heterocycles. The molecule has 9 heteroatoms. The van der Waals surface area contributed by atoms with E-state index in [9.17, 15) is 8.42 Å². The van der Waals surface area contributed by atoms with Gasteiger partial charge in [-0.1, -0.05) is 6.92 Å². The zero-order valence-corrected chi connectivity index (χ0v) is 12.9. The smallest absolute Gasteiger partial charge is 0.231 e. The maximum absolute atomic E-state index is 11.6. The van der Waals surface area contributed by atoms with Crippen LogP contribution in [0, 0.1) is 0 Å². The largest absolute Gasteiger partial charge is 0.354 e. The zero-order chi connectivity index (χ0) is 14.6. The van der Waals surface area contributed by atoms with Crippen LogP contribution in [0.2, 0.25) is 5.28 Å². The van der Waals surface area contributed by atoms with Gasteiger partial charge in [0.15, 0.2) is 9.84 Å². The highest BCUT2D eigenvalue weighted by Crippen LogP contribution is 2.16. The van der Waals surface area contributed by atoms with Crippen molar-refractivity contribution in [1.29, 1.82) is 0 Å². The third-order valence-corrected chi connectivity index (χ3v) is 4.85. The van der Waals surface area contributed by atoms with E-state index in [1.54, 1.807) is 0 Å². The summed E-state index contributed by atoms with van der Waals surface area (Å²) < 4.78 is 23.2. The van der Waals surface area contributed by atoms with Gasteiger partial charge in [-0.2, -0.15) is 15.0 Å². The summed E-state index contributed by atoms with van der Waals surface area (Å²) in [4.78, 5) is 14.2. The molecule has 0 aliphatic carbocycles. The molecule has 0 spiro atoms. The maximum atomic E-state index is 11.6. The van der Waals surface area contributed by atoms with Crippen molar-refractivity contribution < 1.29 is 8.42 Å². The standard InChI is InChI=1S/C11H18ClN5O2S/c1-2-4-13-10-14-9(12)15-11(16-10)17-5-3-7-20(18,19)8-6-17/h2-8H2,1H3,(H,13,14,15,16). The van der Waals surface area contributed by atoms with Gasteiger partial charge in [-0.25, -0.2) is 8.42 Å². The Kier molecular flexibility index (Phi) is 4.98. The SMILES string of the molecule is CCCNc1nc(Cl)nc(N2CCCS(=O)(=O)CC2)n1. The van der Waals surface area contributed by atoms with Gasteiger partial charge in [-0.3, -0.25) is 0 Å². The number of hydrogen-bond acceptors (Lipinski definition) is 7. The summed E-state index contributed by atoms with van der Waals surface area (Å²) in [7, 11) is -2.96. The quantitative estimate of drug-likeness (QED) is 0.884. The Morgan fingerprint density at radius 1 is 1.25 bits per heavy atom. The fraction of sp³-hybridized carbons (Fsp3) is 0.727. The molecule has 20 heavy (non-hydrogen) atoms. The molecule has 0 amide bonds. The van der Waals surface area contributed by atoms with E-state index in [2.05, 4.69) is 20.3 Å². The molecule has 2 rings (SSSR count). The maximum Gasteiger partial charge on any atom is 0.231 e. The Hall–Kier alpha value is -1.15. The predicted octanol–water partition coefficient (Wildman–Crippen LogP) is 0.972. The van der Waals surface area contributed by atoms with E-state index in [0.29, 0.717) is 31.4 Å². The Labute approximate surface area is 123 Å². The van der Waals surface area contributed by atoms with Crippen molar-refractivity contribution in [3.8, 4) is 0 Å². The highest BCUT2D eigenvalue weighted by molar-refractivity contribution is 7.91. The molecular weight excluding hydrogens is 302 g/mol. The minimum Gasteiger partial charge on any atom is -0.354 e. The Morgan fingerprint density at radius 2 is 2.05 bits per heavy atom. The van der Waals surface area contributed by atoms with Gasteiger partial charge in [0.1, 0.15) is 0 Å². The van der Waals surface area contributed by atoms with Crippen LogP contribution >= 0.6 is 11.6 Å². The van der Waals surface area contributed by atoms with E-state index >= 15 is 0 Å². The molecule has 0 atom stereocenters. The van der Waals surface area contributed by atoms with Crippen LogP contribution < -0.4 is 10.2 Å². The highest BCUT2D eigenvalue weighted by Gasteiger charge is 2.21. The van der Waals surface area contributed by atoms with Gasteiger partial charge in [0.2, 0.25) is 17.2 Å². The molecule has 112 valence electrons. The Balaban J connectivity index is 2.17. The number of anilines is 2. The lowest BCUT2D eigenvalue weighted by molar-refractivity contribution is 0.597. The second-order valence-corrected chi connectivity index (χ2v) is 7.29. The van der Waals surface area contributed by atoms with Crippen molar-refractivity contribution in [1.82, 2.24) is 15.0 Å². The summed E-state index contributed by atoms with van der Waals surface area (Å²) in [5.74, 6) is 1.19. The zero-order valence-electron chi connectivity index (χ0n) is 11.3. The van der Waals surface area contributed by atoms with E-state index in [1.807, 2.05) is 11.8 Å². The van der Waals surface area contributed by atoms with Crippen molar-refractivity contribution in [2.24, 2.45) is 0 Å². The van der Waals surface area contributed by atoms with Crippen molar-refractivity contribution in [2.45, 2.75) is 19.8 Å². The van der Waals surface area contributed by atoms with Gasteiger partial charge in [0.25, 0.3) is 0 Å². The fourth-order valence-corrected chi connectivity index (χ4v) is 3.36. The lowest BCUT2D eigenvalue weighted by atomic mass is 10.4. The van der Waals surface area contributed by atoms with Crippen LogP contribution in [0.15, 0.2) is 0 Å². The third kappa shape index (κ3) is 4.17. The van der Waals surface area contributed by atoms with Crippen molar-refractivity contribution in [3.05, 3.63) is 5.28 Å². The minimum atomic E-state index is -2.96. The number of aromatic nitrogens is 3. The van der Waals surface area contributed by atoms with Gasteiger partial charge in [0, 0.05) is 19.6 Å². The molecule has 0 bridgehead atoms. The average Bonchev–Trinajstić information content (AvgIpc) is 2.57. The topological polar surface area (TPSA) is 88.1 Å². The third-order valence-electron chi connectivity index (χ3n) is 2.97. The summed E-state index contributed by atoms with van der Waals surface area (Å²) in [5, 5.41) is 3.17. The molecule has 0 saturated carbocycles. The van der Waals surface area contributed by atoms with Crippen LogP contribution in [0.1, 0.15) is 19.8 Å². The lowest BCUT2D eigenvalue weighted by Crippen LogP contribution is -2.29. The average molecular weight is 320 g/mol. The van der Waals surface area contributed by atoms with Crippen molar-refractivity contribution in [3.63, 3.8) is 0 Å². The van der Waals surface area contributed by atoms with Gasteiger partial charge < -0.3 is 10.2 Å². The monoisotopic (exact) mass is 319 g/mol. The Morgan fingerprint density at radius 3 is 2.80 bits per heavy atom. The number of nitrogens with one attached hydrogen (secondary N) is 1. The van der Waals surface area contributed by atoms with Crippen LogP contribution in [-0.2, 0) is 9.84 Å². The first-order chi connectivity index (χ1) is 9.50. The molecule has 1 aliphatic rings. The number of sulfone groups is 1. The van der Waals surface area contributed by atoms with Gasteiger partial charge in [-0.05, 0) is 24.4 Å². The van der Waals surface area contributed by atoms with Crippen molar-refractivity contribution >= 4 is 33.3 Å². The normalized spacial score (nSPS) is 18.6. The second kappa shape index (κ2) is 6.53. The first kappa shape index (κ1) is 15.2. The number of nitrogens with zero attached hydrogens (tertiary/aromatic N) is 4. The molecule has 1 fully saturated rings. The molecule has 1 N–H and O–H groups in total. The molecule has 1 aromatic heterocycles. The molecule has 1 aromatic rings. The Bertz CT molecular complexity index is 566. The van der Waals surface area contributed by atoms with E-state index in [0.717, 1.165) is 13.0 Å². The summed E-state index contributed by atoms with van der Waals surface area (Å²) in [6, 6.07) is 0. The lowest BCUT2D eigenvalue weighted by Gasteiger charge is -2.19. The van der Waals surface area contributed by atoms with Gasteiger partial charge >= 0.3 is 0 Å². The van der Waals surface area contributed by atoms with Crippen LogP contribution in [0.25, 0.3) is 0 Å². The number of hydrogen-bond donors (Lipinski definition) is 1. The minimum absolute atomic E-state index is 0.112. The number of halogens is 1.